The standard InChI is InChI=1S/C17H23N3O3/c1-3-22-11-12-23-14(2)16(21)19-17-18-9-10-20(17)13-15-7-5-4-6-8-15/h4-10,14H,3,11-13H2,1-2H3,(H,18,19,21)/t14-/m0/s1. The third-order valence-electron chi connectivity index (χ3n) is 3.32. The van der Waals surface area contributed by atoms with E-state index in [0.717, 1.165) is 5.56 Å². The van der Waals surface area contributed by atoms with Crippen LogP contribution in [-0.4, -0.2) is 41.4 Å². The number of imidazole rings is 1. The van der Waals surface area contributed by atoms with Gasteiger partial charge in [-0.2, -0.15) is 0 Å². The van der Waals surface area contributed by atoms with Crippen molar-refractivity contribution < 1.29 is 14.3 Å². The van der Waals surface area contributed by atoms with Crippen LogP contribution in [0.25, 0.3) is 0 Å². The second kappa shape index (κ2) is 9.07. The Morgan fingerprint density at radius 2 is 2.09 bits per heavy atom. The highest BCUT2D eigenvalue weighted by atomic mass is 16.5. The molecule has 2 aromatic rings. The number of ether oxygens (including phenoxy) is 2. The second-order valence-electron chi connectivity index (χ2n) is 5.06. The molecule has 1 aromatic heterocycles. The third kappa shape index (κ3) is 5.50. The maximum Gasteiger partial charge on any atom is 0.255 e. The van der Waals surface area contributed by atoms with Gasteiger partial charge in [0, 0.05) is 19.0 Å². The Morgan fingerprint density at radius 3 is 2.83 bits per heavy atom. The molecule has 0 radical (unpaired) electrons. The summed E-state index contributed by atoms with van der Waals surface area (Å²) in [7, 11) is 0. The lowest BCUT2D eigenvalue weighted by molar-refractivity contribution is -0.127. The molecule has 0 aliphatic carbocycles. The Bertz CT molecular complexity index is 598. The van der Waals surface area contributed by atoms with Crippen molar-refractivity contribution in [3.05, 3.63) is 48.3 Å². The fourth-order valence-corrected chi connectivity index (χ4v) is 2.06. The van der Waals surface area contributed by atoms with Gasteiger partial charge in [0.25, 0.3) is 5.91 Å². The zero-order chi connectivity index (χ0) is 16.5. The van der Waals surface area contributed by atoms with E-state index < -0.39 is 6.10 Å². The van der Waals surface area contributed by atoms with E-state index in [9.17, 15) is 4.79 Å². The summed E-state index contributed by atoms with van der Waals surface area (Å²) >= 11 is 0. The van der Waals surface area contributed by atoms with E-state index in [-0.39, 0.29) is 5.91 Å². The van der Waals surface area contributed by atoms with Crippen molar-refractivity contribution in [2.75, 3.05) is 25.1 Å². The molecule has 2 rings (SSSR count). The van der Waals surface area contributed by atoms with Crippen LogP contribution in [0, 0.1) is 0 Å². The first-order valence-corrected chi connectivity index (χ1v) is 7.76. The fraction of sp³-hybridized carbons (Fsp3) is 0.412. The van der Waals surface area contributed by atoms with Crippen molar-refractivity contribution in [2.45, 2.75) is 26.5 Å². The summed E-state index contributed by atoms with van der Waals surface area (Å²) in [6.07, 6.45) is 2.94. The summed E-state index contributed by atoms with van der Waals surface area (Å²) in [6, 6.07) is 10.0. The van der Waals surface area contributed by atoms with Crippen molar-refractivity contribution in [3.8, 4) is 0 Å². The van der Waals surface area contributed by atoms with Crippen molar-refractivity contribution in [1.82, 2.24) is 9.55 Å². The van der Waals surface area contributed by atoms with Gasteiger partial charge in [0.05, 0.1) is 19.8 Å². The smallest absolute Gasteiger partial charge is 0.255 e. The molecule has 6 nitrogen and oxygen atoms in total. The normalized spacial score (nSPS) is 12.1. The molecule has 0 saturated carbocycles. The van der Waals surface area contributed by atoms with Crippen LogP contribution in [0.4, 0.5) is 5.95 Å². The first kappa shape index (κ1) is 17.2. The molecule has 0 fully saturated rings. The second-order valence-corrected chi connectivity index (χ2v) is 5.06. The van der Waals surface area contributed by atoms with E-state index >= 15 is 0 Å². The van der Waals surface area contributed by atoms with Crippen LogP contribution in [0.5, 0.6) is 0 Å². The van der Waals surface area contributed by atoms with Gasteiger partial charge in [-0.15, -0.1) is 0 Å². The van der Waals surface area contributed by atoms with E-state index in [4.69, 9.17) is 9.47 Å². The molecule has 0 aliphatic heterocycles. The Labute approximate surface area is 136 Å². The monoisotopic (exact) mass is 317 g/mol. The van der Waals surface area contributed by atoms with Gasteiger partial charge in [-0.25, -0.2) is 4.98 Å². The number of aromatic nitrogens is 2. The van der Waals surface area contributed by atoms with E-state index in [2.05, 4.69) is 10.3 Å². The van der Waals surface area contributed by atoms with Crippen LogP contribution in [0.2, 0.25) is 0 Å². The number of anilines is 1. The maximum absolute atomic E-state index is 12.1. The molecule has 1 N–H and O–H groups in total. The lowest BCUT2D eigenvalue weighted by Crippen LogP contribution is -2.30. The van der Waals surface area contributed by atoms with Gasteiger partial charge < -0.3 is 14.0 Å². The van der Waals surface area contributed by atoms with Gasteiger partial charge in [-0.1, -0.05) is 30.3 Å². The van der Waals surface area contributed by atoms with Crippen LogP contribution in [0.15, 0.2) is 42.7 Å². The Morgan fingerprint density at radius 1 is 1.30 bits per heavy atom. The molecule has 23 heavy (non-hydrogen) atoms. The quantitative estimate of drug-likeness (QED) is 0.721. The van der Waals surface area contributed by atoms with E-state index in [1.807, 2.05) is 48.0 Å². The summed E-state index contributed by atoms with van der Waals surface area (Å²) in [5.74, 6) is 0.293. The van der Waals surface area contributed by atoms with Crippen LogP contribution in [0.3, 0.4) is 0 Å². The molecule has 0 bridgehead atoms. The molecular formula is C17H23N3O3. The van der Waals surface area contributed by atoms with Crippen molar-refractivity contribution in [3.63, 3.8) is 0 Å². The number of rotatable bonds is 9. The molecule has 1 aromatic carbocycles. The highest BCUT2D eigenvalue weighted by Crippen LogP contribution is 2.10. The SMILES string of the molecule is CCOCCO[C@@H](C)C(=O)Nc1nccn1Cc1ccccc1. The van der Waals surface area contributed by atoms with Gasteiger partial charge in [0.2, 0.25) is 5.95 Å². The van der Waals surface area contributed by atoms with Crippen molar-refractivity contribution >= 4 is 11.9 Å². The molecule has 1 amide bonds. The molecule has 0 unspecified atom stereocenters. The summed E-state index contributed by atoms with van der Waals surface area (Å²) in [5, 5.41) is 2.80. The van der Waals surface area contributed by atoms with E-state index in [0.29, 0.717) is 32.3 Å². The minimum Gasteiger partial charge on any atom is -0.379 e. The third-order valence-corrected chi connectivity index (χ3v) is 3.32. The number of carbonyl (C=O) groups excluding carboxylic acids is 1. The van der Waals surface area contributed by atoms with Crippen molar-refractivity contribution in [1.29, 1.82) is 0 Å². The van der Waals surface area contributed by atoms with Crippen LogP contribution in [0.1, 0.15) is 19.4 Å². The first-order chi connectivity index (χ1) is 11.2. The van der Waals surface area contributed by atoms with Crippen LogP contribution < -0.4 is 5.32 Å². The molecule has 1 heterocycles. The number of benzene rings is 1. The molecule has 124 valence electrons. The Balaban J connectivity index is 1.88. The molecule has 1 atom stereocenters. The van der Waals surface area contributed by atoms with Crippen molar-refractivity contribution in [2.24, 2.45) is 0 Å². The number of nitrogens with zero attached hydrogens (tertiary/aromatic N) is 2. The number of nitrogens with one attached hydrogen (secondary N) is 1. The van der Waals surface area contributed by atoms with E-state index in [1.54, 1.807) is 13.1 Å². The minimum atomic E-state index is -0.558. The fourth-order valence-electron chi connectivity index (χ4n) is 2.06. The Hall–Kier alpha value is -2.18. The molecule has 0 spiro atoms. The largest absolute Gasteiger partial charge is 0.379 e. The van der Waals surface area contributed by atoms with E-state index in [1.165, 1.54) is 0 Å². The highest BCUT2D eigenvalue weighted by molar-refractivity contribution is 5.92. The summed E-state index contributed by atoms with van der Waals surface area (Å²) in [4.78, 5) is 16.3. The summed E-state index contributed by atoms with van der Waals surface area (Å²) in [5.41, 5.74) is 1.14. The van der Waals surface area contributed by atoms with Gasteiger partial charge >= 0.3 is 0 Å². The minimum absolute atomic E-state index is 0.220. The Kier molecular flexibility index (Phi) is 6.77. The average Bonchev–Trinajstić information content (AvgIpc) is 2.99. The summed E-state index contributed by atoms with van der Waals surface area (Å²) in [6.45, 7) is 5.79. The molecule has 6 heteroatoms. The predicted molar refractivity (Wildman–Crippen MR) is 88.3 cm³/mol. The first-order valence-electron chi connectivity index (χ1n) is 7.76. The zero-order valence-corrected chi connectivity index (χ0v) is 13.6. The topological polar surface area (TPSA) is 65.4 Å². The number of amides is 1. The van der Waals surface area contributed by atoms with Gasteiger partial charge in [0.1, 0.15) is 6.10 Å². The number of hydrogen-bond donors (Lipinski definition) is 1. The zero-order valence-electron chi connectivity index (χ0n) is 13.6. The maximum atomic E-state index is 12.1. The lowest BCUT2D eigenvalue weighted by Gasteiger charge is -2.14. The predicted octanol–water partition coefficient (Wildman–Crippen LogP) is 2.31. The molecular weight excluding hydrogens is 294 g/mol. The van der Waals surface area contributed by atoms with Gasteiger partial charge in [-0.3, -0.25) is 10.1 Å². The number of carbonyl (C=O) groups is 1. The average molecular weight is 317 g/mol. The lowest BCUT2D eigenvalue weighted by atomic mass is 10.2. The molecule has 0 saturated heterocycles. The molecule has 0 aliphatic rings. The summed E-state index contributed by atoms with van der Waals surface area (Å²) < 4.78 is 12.5. The number of hydrogen-bond acceptors (Lipinski definition) is 4. The van der Waals surface area contributed by atoms with Gasteiger partial charge in [-0.05, 0) is 19.4 Å². The highest BCUT2D eigenvalue weighted by Gasteiger charge is 2.15. The van der Waals surface area contributed by atoms with Gasteiger partial charge in [0.15, 0.2) is 0 Å². The van der Waals surface area contributed by atoms with Crippen LogP contribution >= 0.6 is 0 Å². The van der Waals surface area contributed by atoms with Crippen LogP contribution in [-0.2, 0) is 20.8 Å².